The molecule has 2 heterocycles. The van der Waals surface area contributed by atoms with Crippen LogP contribution in [-0.2, 0) is 6.42 Å². The second kappa shape index (κ2) is 5.85. The zero-order valence-electron chi connectivity index (χ0n) is 9.59. The highest BCUT2D eigenvalue weighted by atomic mass is 79.9. The standard InChI is InChI=1S/C12H13BrClNS2/c1-3-7-4-5-9(16-7)11(15-2)10-6-8(13)12(14)17-10/h4-6,11,15H,3H2,1-2H3. The Balaban J connectivity index is 2.32. The van der Waals surface area contributed by atoms with Crippen LogP contribution in [-0.4, -0.2) is 7.05 Å². The van der Waals surface area contributed by atoms with Gasteiger partial charge in [0.15, 0.2) is 0 Å². The van der Waals surface area contributed by atoms with Crippen molar-refractivity contribution in [3.63, 3.8) is 0 Å². The largest absolute Gasteiger partial charge is 0.308 e. The van der Waals surface area contributed by atoms with Gasteiger partial charge in [-0.3, -0.25) is 0 Å². The van der Waals surface area contributed by atoms with Crippen LogP contribution in [0.4, 0.5) is 0 Å². The monoisotopic (exact) mass is 349 g/mol. The Morgan fingerprint density at radius 2 is 2.12 bits per heavy atom. The first-order valence-electron chi connectivity index (χ1n) is 5.36. The molecule has 1 atom stereocenters. The van der Waals surface area contributed by atoms with Gasteiger partial charge in [0.1, 0.15) is 4.34 Å². The van der Waals surface area contributed by atoms with Crippen molar-refractivity contribution in [2.45, 2.75) is 19.4 Å². The molecule has 0 saturated heterocycles. The molecule has 1 unspecified atom stereocenters. The van der Waals surface area contributed by atoms with Gasteiger partial charge in [-0.1, -0.05) is 18.5 Å². The third-order valence-electron chi connectivity index (χ3n) is 2.55. The Hall–Kier alpha value is 0.130. The van der Waals surface area contributed by atoms with E-state index in [1.54, 1.807) is 11.3 Å². The summed E-state index contributed by atoms with van der Waals surface area (Å²) < 4.78 is 1.79. The highest BCUT2D eigenvalue weighted by Gasteiger charge is 2.17. The van der Waals surface area contributed by atoms with E-state index in [0.717, 1.165) is 15.2 Å². The summed E-state index contributed by atoms with van der Waals surface area (Å²) in [6.07, 6.45) is 1.09. The molecule has 2 aromatic heterocycles. The van der Waals surface area contributed by atoms with Crippen molar-refractivity contribution in [1.29, 1.82) is 0 Å². The molecule has 0 fully saturated rings. The van der Waals surface area contributed by atoms with Gasteiger partial charge in [0.05, 0.1) is 6.04 Å². The van der Waals surface area contributed by atoms with Gasteiger partial charge in [0.25, 0.3) is 0 Å². The van der Waals surface area contributed by atoms with Crippen LogP contribution in [0, 0.1) is 0 Å². The highest BCUT2D eigenvalue weighted by Crippen LogP contribution is 2.38. The number of thiophene rings is 2. The van der Waals surface area contributed by atoms with E-state index >= 15 is 0 Å². The lowest BCUT2D eigenvalue weighted by Gasteiger charge is -2.12. The van der Waals surface area contributed by atoms with Gasteiger partial charge in [-0.25, -0.2) is 0 Å². The molecular formula is C12H13BrClNS2. The minimum absolute atomic E-state index is 0.245. The first-order valence-corrected chi connectivity index (χ1v) is 8.16. The maximum absolute atomic E-state index is 6.10. The van der Waals surface area contributed by atoms with Gasteiger partial charge in [-0.15, -0.1) is 22.7 Å². The summed E-state index contributed by atoms with van der Waals surface area (Å²) in [6.45, 7) is 2.18. The van der Waals surface area contributed by atoms with Gasteiger partial charge in [-0.05, 0) is 47.6 Å². The lowest BCUT2D eigenvalue weighted by molar-refractivity contribution is 0.716. The fourth-order valence-electron chi connectivity index (χ4n) is 1.67. The molecule has 0 saturated carbocycles. The van der Waals surface area contributed by atoms with Crippen molar-refractivity contribution < 1.29 is 0 Å². The van der Waals surface area contributed by atoms with Crippen LogP contribution in [0.3, 0.4) is 0 Å². The quantitative estimate of drug-likeness (QED) is 0.809. The molecule has 0 spiro atoms. The van der Waals surface area contributed by atoms with E-state index in [9.17, 15) is 0 Å². The molecule has 0 amide bonds. The molecule has 0 aliphatic rings. The van der Waals surface area contributed by atoms with Gasteiger partial charge in [0.2, 0.25) is 0 Å². The third-order valence-corrected chi connectivity index (χ3v) is 6.39. The van der Waals surface area contributed by atoms with Crippen LogP contribution in [0.5, 0.6) is 0 Å². The van der Waals surface area contributed by atoms with Crippen molar-refractivity contribution in [1.82, 2.24) is 5.32 Å². The predicted octanol–water partition coefficient (Wildman–Crippen LogP) is 5.10. The topological polar surface area (TPSA) is 12.0 Å². The summed E-state index contributed by atoms with van der Waals surface area (Å²) in [6, 6.07) is 6.74. The first-order chi connectivity index (χ1) is 8.15. The maximum atomic E-state index is 6.10. The molecule has 0 aliphatic heterocycles. The van der Waals surface area contributed by atoms with E-state index in [1.165, 1.54) is 14.6 Å². The van der Waals surface area contributed by atoms with Crippen molar-refractivity contribution in [3.05, 3.63) is 41.6 Å². The smallest absolute Gasteiger partial charge is 0.107 e. The summed E-state index contributed by atoms with van der Waals surface area (Å²) in [4.78, 5) is 4.01. The Morgan fingerprint density at radius 1 is 1.35 bits per heavy atom. The van der Waals surface area contributed by atoms with Crippen LogP contribution < -0.4 is 5.32 Å². The average molecular weight is 351 g/mol. The minimum Gasteiger partial charge on any atom is -0.308 e. The van der Waals surface area contributed by atoms with Crippen LogP contribution in [0.15, 0.2) is 22.7 Å². The second-order valence-electron chi connectivity index (χ2n) is 3.65. The van der Waals surface area contributed by atoms with Crippen LogP contribution >= 0.6 is 50.2 Å². The summed E-state index contributed by atoms with van der Waals surface area (Å²) in [7, 11) is 1.98. The van der Waals surface area contributed by atoms with E-state index < -0.39 is 0 Å². The van der Waals surface area contributed by atoms with Gasteiger partial charge in [-0.2, -0.15) is 0 Å². The molecule has 17 heavy (non-hydrogen) atoms. The number of hydrogen-bond acceptors (Lipinski definition) is 3. The number of nitrogens with one attached hydrogen (secondary N) is 1. The molecule has 5 heteroatoms. The van der Waals surface area contributed by atoms with Gasteiger partial charge < -0.3 is 5.32 Å². The van der Waals surface area contributed by atoms with Crippen molar-refractivity contribution >= 4 is 50.2 Å². The molecule has 0 radical (unpaired) electrons. The molecule has 0 aromatic carbocycles. The molecule has 1 N–H and O–H groups in total. The number of rotatable bonds is 4. The Kier molecular flexibility index (Phi) is 4.66. The first kappa shape index (κ1) is 13.6. The van der Waals surface area contributed by atoms with Crippen molar-refractivity contribution in [2.24, 2.45) is 0 Å². The third kappa shape index (κ3) is 2.93. The molecule has 1 nitrogen and oxygen atoms in total. The molecular weight excluding hydrogens is 338 g/mol. The van der Waals surface area contributed by atoms with Crippen molar-refractivity contribution in [2.75, 3.05) is 7.05 Å². The predicted molar refractivity (Wildman–Crippen MR) is 81.6 cm³/mol. The van der Waals surface area contributed by atoms with E-state index in [-0.39, 0.29) is 6.04 Å². The van der Waals surface area contributed by atoms with Crippen LogP contribution in [0.25, 0.3) is 0 Å². The van der Waals surface area contributed by atoms with Crippen LogP contribution in [0.1, 0.15) is 27.6 Å². The molecule has 92 valence electrons. The van der Waals surface area contributed by atoms with Gasteiger partial charge >= 0.3 is 0 Å². The SMILES string of the molecule is CCc1ccc(C(NC)c2cc(Br)c(Cl)s2)s1. The maximum Gasteiger partial charge on any atom is 0.107 e. The summed E-state index contributed by atoms with van der Waals surface area (Å²) >= 11 is 13.0. The minimum atomic E-state index is 0.245. The number of halogens is 2. The average Bonchev–Trinajstić information content (AvgIpc) is 2.89. The van der Waals surface area contributed by atoms with E-state index in [2.05, 4.69) is 46.4 Å². The molecule has 2 rings (SSSR count). The fourth-order valence-corrected chi connectivity index (χ4v) is 4.69. The van der Waals surface area contributed by atoms with Crippen molar-refractivity contribution in [3.8, 4) is 0 Å². The number of aryl methyl sites for hydroxylation is 1. The van der Waals surface area contributed by atoms with E-state index in [0.29, 0.717) is 0 Å². The number of hydrogen-bond donors (Lipinski definition) is 1. The summed E-state index contributed by atoms with van der Waals surface area (Å²) in [5.74, 6) is 0. The molecule has 0 bridgehead atoms. The normalized spacial score (nSPS) is 12.9. The zero-order valence-corrected chi connectivity index (χ0v) is 13.6. The highest BCUT2D eigenvalue weighted by molar-refractivity contribution is 9.10. The fraction of sp³-hybridized carbons (Fsp3) is 0.333. The Bertz CT molecular complexity index is 487. The Labute approximate surface area is 123 Å². The van der Waals surface area contributed by atoms with Crippen LogP contribution in [0.2, 0.25) is 4.34 Å². The summed E-state index contributed by atoms with van der Waals surface area (Å²) in [5, 5.41) is 3.35. The molecule has 0 aliphatic carbocycles. The lowest BCUT2D eigenvalue weighted by atomic mass is 10.2. The van der Waals surface area contributed by atoms with Gasteiger partial charge in [0, 0.05) is 19.1 Å². The second-order valence-corrected chi connectivity index (χ2v) is 7.39. The van der Waals surface area contributed by atoms with E-state index in [1.807, 2.05) is 18.4 Å². The zero-order chi connectivity index (χ0) is 12.4. The lowest BCUT2D eigenvalue weighted by Crippen LogP contribution is -2.14. The van der Waals surface area contributed by atoms with E-state index in [4.69, 9.17) is 11.6 Å². The molecule has 2 aromatic rings. The summed E-state index contributed by atoms with van der Waals surface area (Å²) in [5.41, 5.74) is 0. The Morgan fingerprint density at radius 3 is 2.59 bits per heavy atom.